The first-order chi connectivity index (χ1) is 11.3. The Morgan fingerprint density at radius 1 is 0.750 bits per heavy atom. The Bertz CT molecular complexity index is 617. The minimum absolute atomic E-state index is 0. The van der Waals surface area contributed by atoms with E-state index in [0.29, 0.717) is 37.3 Å². The van der Waals surface area contributed by atoms with Crippen molar-refractivity contribution in [2.75, 3.05) is 26.2 Å². The predicted molar refractivity (Wildman–Crippen MR) is 94.2 cm³/mol. The standard InChI is InChI=1S/C18H20N3O2.Co/c22-17-7-3-1-5-15(17)13-20-11-9-19-10-12-21-14-16-6-2-4-8-18(16)23;/h1-8,13-14,22-23H,9-12H2;/q-1;. The zero-order valence-electron chi connectivity index (χ0n) is 13.2. The summed E-state index contributed by atoms with van der Waals surface area (Å²) < 4.78 is 0. The number of para-hydroxylation sites is 2. The molecule has 5 nitrogen and oxygen atoms in total. The third-order valence-corrected chi connectivity index (χ3v) is 3.11. The van der Waals surface area contributed by atoms with E-state index < -0.39 is 0 Å². The molecule has 24 heavy (non-hydrogen) atoms. The first kappa shape index (κ1) is 19.9. The van der Waals surface area contributed by atoms with Gasteiger partial charge in [-0.3, -0.25) is 9.98 Å². The number of benzene rings is 2. The van der Waals surface area contributed by atoms with Gasteiger partial charge in [0.25, 0.3) is 0 Å². The Morgan fingerprint density at radius 2 is 1.17 bits per heavy atom. The van der Waals surface area contributed by atoms with E-state index in [1.165, 1.54) is 0 Å². The van der Waals surface area contributed by atoms with Crippen LogP contribution in [0.15, 0.2) is 58.5 Å². The molecule has 1 radical (unpaired) electrons. The van der Waals surface area contributed by atoms with E-state index >= 15 is 0 Å². The topological polar surface area (TPSA) is 79.3 Å². The number of phenolic OH excluding ortho intramolecular Hbond substituents is 2. The van der Waals surface area contributed by atoms with E-state index in [2.05, 4.69) is 15.3 Å². The maximum absolute atomic E-state index is 9.58. The molecule has 2 rings (SSSR count). The number of aliphatic imine (C=N–C) groups is 2. The van der Waals surface area contributed by atoms with Gasteiger partial charge in [0, 0.05) is 53.4 Å². The molecular formula is C18H20CoN3O2-. The maximum atomic E-state index is 9.58. The average Bonchev–Trinajstić information content (AvgIpc) is 2.56. The van der Waals surface area contributed by atoms with Crippen molar-refractivity contribution in [1.29, 1.82) is 0 Å². The van der Waals surface area contributed by atoms with Crippen molar-refractivity contribution in [3.8, 4) is 11.5 Å². The molecule has 0 saturated carbocycles. The molecule has 129 valence electrons. The minimum Gasteiger partial charge on any atom is -0.659 e. The van der Waals surface area contributed by atoms with Gasteiger partial charge in [0.05, 0.1) is 0 Å². The molecule has 0 fully saturated rings. The molecule has 2 N–H and O–H groups in total. The smallest absolute Gasteiger partial charge is 0.124 e. The largest absolute Gasteiger partial charge is 0.659 e. The summed E-state index contributed by atoms with van der Waals surface area (Å²) >= 11 is 0. The number of nitrogens with zero attached hydrogens (tertiary/aromatic N) is 3. The van der Waals surface area contributed by atoms with Crippen molar-refractivity contribution in [3.05, 3.63) is 65.0 Å². The fourth-order valence-corrected chi connectivity index (χ4v) is 1.89. The molecular weight excluding hydrogens is 349 g/mol. The number of rotatable bonds is 8. The average molecular weight is 369 g/mol. The second-order valence-electron chi connectivity index (χ2n) is 4.86. The molecule has 0 atom stereocenters. The van der Waals surface area contributed by atoms with E-state index in [4.69, 9.17) is 0 Å². The molecule has 0 aliphatic heterocycles. The van der Waals surface area contributed by atoms with Crippen LogP contribution in [0.1, 0.15) is 11.1 Å². The number of hydrogen-bond donors (Lipinski definition) is 2. The van der Waals surface area contributed by atoms with E-state index in [1.54, 1.807) is 36.7 Å². The van der Waals surface area contributed by atoms with Gasteiger partial charge >= 0.3 is 0 Å². The molecule has 0 heterocycles. The molecule has 0 aliphatic rings. The van der Waals surface area contributed by atoms with Gasteiger partial charge in [0.1, 0.15) is 11.5 Å². The van der Waals surface area contributed by atoms with Gasteiger partial charge in [-0.05, 0) is 24.3 Å². The summed E-state index contributed by atoms with van der Waals surface area (Å²) in [4.78, 5) is 8.46. The summed E-state index contributed by atoms with van der Waals surface area (Å²) in [5, 5.41) is 23.5. The fraction of sp³-hybridized carbons (Fsp3) is 0.222. The van der Waals surface area contributed by atoms with Crippen molar-refractivity contribution in [3.63, 3.8) is 0 Å². The van der Waals surface area contributed by atoms with Gasteiger partial charge in [0.2, 0.25) is 0 Å². The summed E-state index contributed by atoms with van der Waals surface area (Å²) in [7, 11) is 0. The second kappa shape index (κ2) is 11.4. The molecule has 2 aromatic rings. The van der Waals surface area contributed by atoms with Gasteiger partial charge in [-0.25, -0.2) is 0 Å². The van der Waals surface area contributed by atoms with Crippen LogP contribution < -0.4 is 0 Å². The molecule has 6 heteroatoms. The van der Waals surface area contributed by atoms with E-state index in [9.17, 15) is 10.2 Å². The monoisotopic (exact) mass is 369 g/mol. The van der Waals surface area contributed by atoms with Gasteiger partial charge in [0.15, 0.2) is 0 Å². The Labute approximate surface area is 152 Å². The van der Waals surface area contributed by atoms with Crippen LogP contribution in [0, 0.1) is 0 Å². The van der Waals surface area contributed by atoms with Crippen LogP contribution in [-0.4, -0.2) is 48.8 Å². The first-order valence-corrected chi connectivity index (χ1v) is 7.46. The number of phenols is 2. The SMILES string of the molecule is Oc1ccccc1C=NCC[N-]CCN=Cc1ccccc1O.[Co]. The van der Waals surface area contributed by atoms with Crippen LogP contribution in [0.2, 0.25) is 0 Å². The van der Waals surface area contributed by atoms with Gasteiger partial charge in [-0.15, -0.1) is 13.1 Å². The molecule has 0 saturated heterocycles. The zero-order valence-corrected chi connectivity index (χ0v) is 14.2. The summed E-state index contributed by atoms with van der Waals surface area (Å²) in [5.74, 6) is 0.457. The zero-order chi connectivity index (χ0) is 16.3. The van der Waals surface area contributed by atoms with Crippen LogP contribution in [0.5, 0.6) is 11.5 Å². The van der Waals surface area contributed by atoms with Crippen molar-refractivity contribution >= 4 is 12.4 Å². The first-order valence-electron chi connectivity index (χ1n) is 7.46. The van der Waals surface area contributed by atoms with Crippen LogP contribution >= 0.6 is 0 Å². The number of hydrogen-bond acceptors (Lipinski definition) is 4. The van der Waals surface area contributed by atoms with E-state index in [-0.39, 0.29) is 28.3 Å². The molecule has 0 spiro atoms. The van der Waals surface area contributed by atoms with Gasteiger partial charge < -0.3 is 15.5 Å². The molecule has 0 amide bonds. The number of aromatic hydroxyl groups is 2. The van der Waals surface area contributed by atoms with Crippen LogP contribution in [0.25, 0.3) is 5.32 Å². The van der Waals surface area contributed by atoms with E-state index in [1.807, 2.05) is 24.3 Å². The second-order valence-corrected chi connectivity index (χ2v) is 4.86. The van der Waals surface area contributed by atoms with Crippen molar-refractivity contribution < 1.29 is 27.0 Å². The maximum Gasteiger partial charge on any atom is 0.124 e. The van der Waals surface area contributed by atoms with Crippen LogP contribution in [-0.2, 0) is 16.8 Å². The minimum atomic E-state index is 0. The third-order valence-electron chi connectivity index (χ3n) is 3.11. The molecule has 0 aliphatic carbocycles. The van der Waals surface area contributed by atoms with Gasteiger partial charge in [-0.2, -0.15) is 0 Å². The Kier molecular flexibility index (Phi) is 9.44. The van der Waals surface area contributed by atoms with E-state index in [0.717, 1.165) is 0 Å². The molecule has 0 aromatic heterocycles. The predicted octanol–water partition coefficient (Wildman–Crippen LogP) is 3.01. The Hall–Kier alpha value is -2.15. The van der Waals surface area contributed by atoms with Crippen LogP contribution in [0.3, 0.4) is 0 Å². The van der Waals surface area contributed by atoms with Gasteiger partial charge in [-0.1, -0.05) is 24.3 Å². The summed E-state index contributed by atoms with van der Waals surface area (Å²) in [6.07, 6.45) is 3.31. The fourth-order valence-electron chi connectivity index (χ4n) is 1.89. The Balaban J connectivity index is 0.00000288. The summed E-state index contributed by atoms with van der Waals surface area (Å²) in [5.41, 5.74) is 1.42. The molecule has 2 aromatic carbocycles. The van der Waals surface area contributed by atoms with Crippen molar-refractivity contribution in [2.24, 2.45) is 9.98 Å². The van der Waals surface area contributed by atoms with Crippen molar-refractivity contribution in [1.82, 2.24) is 0 Å². The summed E-state index contributed by atoms with van der Waals surface area (Å²) in [6.45, 7) is 2.40. The molecule has 0 bridgehead atoms. The third kappa shape index (κ3) is 6.95. The quantitative estimate of drug-likeness (QED) is 0.554. The Morgan fingerprint density at radius 3 is 1.58 bits per heavy atom. The summed E-state index contributed by atoms with van der Waals surface area (Å²) in [6, 6.07) is 14.1. The normalized spacial score (nSPS) is 11.0. The van der Waals surface area contributed by atoms with Crippen LogP contribution in [0.4, 0.5) is 0 Å². The molecule has 0 unspecified atom stereocenters. The van der Waals surface area contributed by atoms with Crippen molar-refractivity contribution in [2.45, 2.75) is 0 Å².